The number of allylic oxidation sites excluding steroid dienone is 12. The fourth-order valence-corrected chi connectivity index (χ4v) is 9.90. The normalized spacial score (nSPS) is 41.7. The quantitative estimate of drug-likeness (QED) is 0.134. The second kappa shape index (κ2) is 32.9. The number of hydrogen-bond donors (Lipinski definition) is 13. The van der Waals surface area contributed by atoms with Crippen LogP contribution in [0.1, 0.15) is 79.1 Å². The third-order valence-corrected chi connectivity index (χ3v) is 14.6. The zero-order chi connectivity index (χ0) is 56.8. The van der Waals surface area contributed by atoms with Gasteiger partial charge in [0.15, 0.2) is 12.1 Å². The molecule has 22 nitrogen and oxygen atoms in total. The highest BCUT2D eigenvalue weighted by Crippen LogP contribution is 2.39. The number of β-amino-alcohol motifs (C(OH)–C–C–N with tert-alkyl or cyclic N) is 1. The Morgan fingerprint density at radius 3 is 1.90 bits per heavy atom. The molecule has 0 aromatic rings. The number of amides is 2. The maximum Gasteiger partial charge on any atom is 0.308 e. The molecule has 4 aliphatic rings. The largest absolute Gasteiger partial charge is 0.462 e. The average Bonchev–Trinajstić information content (AvgIpc) is 3.37. The van der Waals surface area contributed by atoms with E-state index in [1.165, 1.54) is 6.92 Å². The molecule has 2 bridgehead atoms. The molecule has 77 heavy (non-hydrogen) atoms. The molecule has 0 aromatic heterocycles. The Labute approximate surface area is 452 Å². The number of aliphatic hydroxyl groups is 11. The molecule has 0 unspecified atom stereocenters. The minimum atomic E-state index is -2.33. The maximum atomic E-state index is 14.5. The van der Waals surface area contributed by atoms with Gasteiger partial charge in [-0.3, -0.25) is 19.3 Å². The Kier molecular flexibility index (Phi) is 28.0. The zero-order valence-electron chi connectivity index (χ0n) is 44.8. The first-order chi connectivity index (χ1) is 36.6. The highest BCUT2D eigenvalue weighted by molar-refractivity contribution is 5.80. The monoisotopic (exact) mass is 1090 g/mol. The van der Waals surface area contributed by atoms with Gasteiger partial charge in [-0.1, -0.05) is 98.9 Å². The van der Waals surface area contributed by atoms with Gasteiger partial charge in [-0.15, -0.1) is 0 Å². The number of piperazine rings is 1. The summed E-state index contributed by atoms with van der Waals surface area (Å²) in [5.74, 6) is -6.29. The van der Waals surface area contributed by atoms with Gasteiger partial charge in [-0.2, -0.15) is 0 Å². The van der Waals surface area contributed by atoms with E-state index in [2.05, 4.69) is 5.32 Å². The lowest BCUT2D eigenvalue weighted by molar-refractivity contribution is -0.308. The standard InChI is InChI=1S/C55H88N4O18/c1-34-17-15-13-11-9-7-5-6-8-10-12-14-16-18-41(76-54-52(71)49(57-46(67)33-56)51(70)37(4)75-54)30-45-48(53(72)59-23-21-58(22-24-59)25-26-60)44(66)32-55(73,77-45)31-40(63)28-43(65)42(64)20-19-38(61)27-39(62)29-47(68)74-36(3)35(2)50(34)69/h5-18,34-45,48-52,54,60-66,69-71,73H,19-33,56H2,1-4H3,(H,57,67)/b6-5+,9-7+,10-8+,13-11+,14-12+,17-15+,18-16+/t34-,35-,36-,37+,38+,39+,40-,41-,42+,43+,44-,45-,48+,49-,50+,51+,52-,54-,55+/m0/s1. The first-order valence-corrected chi connectivity index (χ1v) is 26.9. The summed E-state index contributed by atoms with van der Waals surface area (Å²) in [5, 5.41) is 124. The van der Waals surface area contributed by atoms with Crippen LogP contribution in [0.2, 0.25) is 0 Å². The van der Waals surface area contributed by atoms with Gasteiger partial charge in [-0.05, 0) is 33.1 Å². The minimum Gasteiger partial charge on any atom is -0.462 e. The summed E-state index contributed by atoms with van der Waals surface area (Å²) in [4.78, 5) is 43.1. The summed E-state index contributed by atoms with van der Waals surface area (Å²) in [6, 6.07) is -1.27. The molecule has 3 saturated heterocycles. The molecule has 4 heterocycles. The molecule has 4 aliphatic heterocycles. The van der Waals surface area contributed by atoms with Crippen LogP contribution < -0.4 is 11.1 Å². The number of nitrogens with zero attached hydrogens (tertiary/aromatic N) is 2. The van der Waals surface area contributed by atoms with E-state index in [9.17, 15) is 70.6 Å². The van der Waals surface area contributed by atoms with Crippen molar-refractivity contribution in [3.05, 3.63) is 85.1 Å². The van der Waals surface area contributed by atoms with Gasteiger partial charge in [-0.25, -0.2) is 0 Å². The van der Waals surface area contributed by atoms with E-state index in [4.69, 9.17) is 24.7 Å². The second-order valence-corrected chi connectivity index (χ2v) is 20.8. The first-order valence-electron chi connectivity index (χ1n) is 26.9. The number of aliphatic hydroxyl groups excluding tert-OH is 10. The highest BCUT2D eigenvalue weighted by Gasteiger charge is 2.52. The summed E-state index contributed by atoms with van der Waals surface area (Å²) >= 11 is 0. The summed E-state index contributed by atoms with van der Waals surface area (Å²) in [6.07, 6.45) is 3.33. The van der Waals surface area contributed by atoms with Crippen molar-refractivity contribution in [2.75, 3.05) is 45.9 Å². The van der Waals surface area contributed by atoms with Crippen molar-refractivity contribution >= 4 is 17.8 Å². The summed E-state index contributed by atoms with van der Waals surface area (Å²) in [6.45, 7) is 8.01. The molecule has 0 saturated carbocycles. The van der Waals surface area contributed by atoms with Crippen LogP contribution in [-0.2, 0) is 33.3 Å². The van der Waals surface area contributed by atoms with Gasteiger partial charge in [0.25, 0.3) is 0 Å². The molecule has 3 fully saturated rings. The molecule has 4 rings (SSSR count). The zero-order valence-corrected chi connectivity index (χ0v) is 44.8. The number of nitrogens with two attached hydrogens (primary N) is 1. The van der Waals surface area contributed by atoms with E-state index in [1.807, 2.05) is 36.1 Å². The number of carbonyl (C=O) groups excluding carboxylic acids is 3. The van der Waals surface area contributed by atoms with Crippen molar-refractivity contribution < 1.29 is 89.5 Å². The Morgan fingerprint density at radius 1 is 0.701 bits per heavy atom. The van der Waals surface area contributed by atoms with E-state index < -0.39 is 159 Å². The topological polar surface area (TPSA) is 355 Å². The van der Waals surface area contributed by atoms with E-state index in [1.54, 1.807) is 79.5 Å². The molecule has 14 N–H and O–H groups in total. The molecule has 436 valence electrons. The van der Waals surface area contributed by atoms with Crippen LogP contribution in [0, 0.1) is 17.8 Å². The third-order valence-electron chi connectivity index (χ3n) is 14.6. The number of esters is 1. The van der Waals surface area contributed by atoms with Crippen molar-refractivity contribution in [2.24, 2.45) is 23.5 Å². The lowest BCUT2D eigenvalue weighted by Gasteiger charge is -2.47. The molecule has 2 amide bonds. The molecule has 19 atom stereocenters. The Morgan fingerprint density at radius 2 is 1.30 bits per heavy atom. The fraction of sp³-hybridized carbons (Fsp3) is 0.691. The van der Waals surface area contributed by atoms with Crippen LogP contribution in [0.3, 0.4) is 0 Å². The lowest BCUT2D eigenvalue weighted by Crippen LogP contribution is -2.64. The summed E-state index contributed by atoms with van der Waals surface area (Å²) < 4.78 is 24.1. The first kappa shape index (κ1) is 65.5. The maximum absolute atomic E-state index is 14.5. The number of carbonyl (C=O) groups is 3. The van der Waals surface area contributed by atoms with Gasteiger partial charge in [0, 0.05) is 70.2 Å². The predicted molar refractivity (Wildman–Crippen MR) is 282 cm³/mol. The van der Waals surface area contributed by atoms with Gasteiger partial charge in [0.2, 0.25) is 11.8 Å². The van der Waals surface area contributed by atoms with Crippen LogP contribution in [0.15, 0.2) is 85.1 Å². The SMILES string of the molecule is C[C@@H]1[C@H](O)[C@@H](C)/C=C/C=C/C=C/C=C/C=C/C=C/C=C/[C@H](O[C@@H]2O[C@H](C)[C@@H](O)[C@H](NC(=O)CN)[C@@H]2O)C[C@@H]2O[C@](O)(C[C@@H](O)C[C@@H](O)[C@H](O)CC[C@@H](O)C[C@@H](O)CC(=O)O[C@H]1C)C[C@H](O)[C@H]2C(=O)N1CCN(CCO)CC1. The number of ether oxygens (including phenoxy) is 4. The lowest BCUT2D eigenvalue weighted by atomic mass is 9.81. The van der Waals surface area contributed by atoms with Crippen LogP contribution in [0.5, 0.6) is 0 Å². The summed E-state index contributed by atoms with van der Waals surface area (Å²) in [7, 11) is 0. The van der Waals surface area contributed by atoms with E-state index >= 15 is 0 Å². The Hall–Kier alpha value is -4.05. The van der Waals surface area contributed by atoms with Gasteiger partial charge in [0.05, 0.1) is 92.6 Å². The Balaban J connectivity index is 1.66. The van der Waals surface area contributed by atoms with Crippen molar-refractivity contribution in [1.29, 1.82) is 0 Å². The fourth-order valence-electron chi connectivity index (χ4n) is 9.90. The van der Waals surface area contributed by atoms with E-state index in [0.717, 1.165) is 0 Å². The smallest absolute Gasteiger partial charge is 0.308 e. The van der Waals surface area contributed by atoms with Crippen LogP contribution in [0.4, 0.5) is 0 Å². The average molecular weight is 1090 g/mol. The Bertz CT molecular complexity index is 2010. The highest BCUT2D eigenvalue weighted by atomic mass is 16.7. The summed E-state index contributed by atoms with van der Waals surface area (Å²) in [5.41, 5.74) is 5.52. The van der Waals surface area contributed by atoms with Crippen molar-refractivity contribution in [3.63, 3.8) is 0 Å². The molecular weight excluding hydrogens is 1000 g/mol. The minimum absolute atomic E-state index is 0.0734. The number of fused-ring (bicyclic) bond motifs is 2. The molecule has 0 radical (unpaired) electrons. The van der Waals surface area contributed by atoms with Gasteiger partial charge >= 0.3 is 5.97 Å². The number of rotatable bonds is 7. The predicted octanol–water partition coefficient (Wildman–Crippen LogP) is -1.12. The third kappa shape index (κ3) is 21.5. The molecular formula is C55H88N4O18. The van der Waals surface area contributed by atoms with Gasteiger partial charge < -0.3 is 91.1 Å². The molecule has 0 spiro atoms. The second-order valence-electron chi connectivity index (χ2n) is 20.8. The molecule has 22 heteroatoms. The van der Waals surface area contributed by atoms with Crippen molar-refractivity contribution in [2.45, 2.75) is 177 Å². The van der Waals surface area contributed by atoms with Gasteiger partial charge in [0.1, 0.15) is 18.3 Å². The van der Waals surface area contributed by atoms with E-state index in [0.29, 0.717) is 19.6 Å². The van der Waals surface area contributed by atoms with Crippen LogP contribution >= 0.6 is 0 Å². The van der Waals surface area contributed by atoms with Crippen molar-refractivity contribution in [3.8, 4) is 0 Å². The van der Waals surface area contributed by atoms with Crippen molar-refractivity contribution in [1.82, 2.24) is 15.1 Å². The number of nitrogens with one attached hydrogen (secondary N) is 1. The van der Waals surface area contributed by atoms with Crippen LogP contribution in [0.25, 0.3) is 0 Å². The van der Waals surface area contributed by atoms with E-state index in [-0.39, 0.29) is 51.3 Å². The van der Waals surface area contributed by atoms with Crippen LogP contribution in [-0.4, -0.2) is 227 Å². The molecule has 0 aliphatic carbocycles. The number of hydrogen-bond acceptors (Lipinski definition) is 20. The number of cyclic esters (lactones) is 1. The molecule has 0 aromatic carbocycles.